The Bertz CT molecular complexity index is 832. The molecule has 3 rings (SSSR count). The summed E-state index contributed by atoms with van der Waals surface area (Å²) in [6.45, 7) is 4.84. The van der Waals surface area contributed by atoms with E-state index in [2.05, 4.69) is 0 Å². The Morgan fingerprint density at radius 3 is 1.92 bits per heavy atom. The van der Waals surface area contributed by atoms with Crippen LogP contribution in [0.4, 0.5) is 0 Å². The molecule has 4 nitrogen and oxygen atoms in total. The maximum absolute atomic E-state index is 12.7. The molecular formula is C21H22O4P+. The van der Waals surface area contributed by atoms with Gasteiger partial charge >= 0.3 is 8.03 Å². The van der Waals surface area contributed by atoms with Crippen molar-refractivity contribution in [2.24, 2.45) is 5.41 Å². The van der Waals surface area contributed by atoms with Crippen molar-refractivity contribution in [3.05, 3.63) is 76.6 Å². The van der Waals surface area contributed by atoms with Crippen molar-refractivity contribution in [3.8, 4) is 0 Å². The van der Waals surface area contributed by atoms with Gasteiger partial charge in [0.2, 0.25) is 0 Å². The fourth-order valence-electron chi connectivity index (χ4n) is 3.07. The van der Waals surface area contributed by atoms with Gasteiger partial charge in [0.1, 0.15) is 6.61 Å². The highest BCUT2D eigenvalue weighted by molar-refractivity contribution is 7.43. The fourth-order valence-corrected chi connectivity index (χ4v) is 4.11. The molecule has 0 N–H and O–H groups in total. The molecule has 2 aromatic rings. The van der Waals surface area contributed by atoms with Crippen LogP contribution in [-0.4, -0.2) is 26.1 Å². The average molecular weight is 369 g/mol. The van der Waals surface area contributed by atoms with Crippen LogP contribution < -0.4 is 0 Å². The second-order valence-electron chi connectivity index (χ2n) is 7.12. The third-order valence-electron chi connectivity index (χ3n) is 4.28. The molecule has 5 heteroatoms. The lowest BCUT2D eigenvalue weighted by molar-refractivity contribution is 0.0678. The highest BCUT2D eigenvalue weighted by atomic mass is 31.1. The summed E-state index contributed by atoms with van der Waals surface area (Å²) in [7, 11) is -0.385. The van der Waals surface area contributed by atoms with Gasteiger partial charge in [-0.1, -0.05) is 62.4 Å². The predicted molar refractivity (Wildman–Crippen MR) is 103 cm³/mol. The number of ether oxygens (including phenoxy) is 1. The number of benzene rings is 2. The Balaban J connectivity index is 1.94. The van der Waals surface area contributed by atoms with E-state index in [9.17, 15) is 9.36 Å². The maximum atomic E-state index is 12.7. The molecule has 0 aliphatic heterocycles. The van der Waals surface area contributed by atoms with Crippen molar-refractivity contribution >= 4 is 19.4 Å². The van der Waals surface area contributed by atoms with Gasteiger partial charge in [0.05, 0.1) is 6.61 Å². The molecule has 0 amide bonds. The van der Waals surface area contributed by atoms with Gasteiger partial charge in [0, 0.05) is 29.2 Å². The minimum absolute atomic E-state index is 0.00859. The molecule has 2 aromatic carbocycles. The minimum atomic E-state index is -2.02. The summed E-state index contributed by atoms with van der Waals surface area (Å²) in [4.78, 5) is 12.7. The molecule has 1 aliphatic rings. The Morgan fingerprint density at radius 1 is 0.923 bits per heavy atom. The lowest BCUT2D eigenvalue weighted by Crippen LogP contribution is -2.23. The lowest BCUT2D eigenvalue weighted by atomic mass is 9.82. The molecule has 1 aliphatic carbocycles. The third kappa shape index (κ3) is 3.83. The van der Waals surface area contributed by atoms with Gasteiger partial charge in [-0.3, -0.25) is 4.79 Å². The number of rotatable bonds is 6. The molecule has 0 bridgehead atoms. The topological polar surface area (TPSA) is 52.6 Å². The molecule has 0 fully saturated rings. The number of methoxy groups -OCH3 is 1. The van der Waals surface area contributed by atoms with Gasteiger partial charge in [-0.25, -0.2) is 0 Å². The Hall–Kier alpha value is -2.13. The van der Waals surface area contributed by atoms with Gasteiger partial charge in [0.15, 0.2) is 11.6 Å². The maximum Gasteiger partial charge on any atom is 0.541 e. The lowest BCUT2D eigenvalue weighted by Gasteiger charge is -2.20. The fraction of sp³-hybridized carbons (Fsp3) is 0.286. The molecule has 0 spiro atoms. The largest absolute Gasteiger partial charge is 0.541 e. The minimum Gasteiger partial charge on any atom is -0.384 e. The van der Waals surface area contributed by atoms with E-state index < -0.39 is 8.03 Å². The zero-order valence-electron chi connectivity index (χ0n) is 15.2. The number of hydrogen-bond donors (Lipinski definition) is 0. The van der Waals surface area contributed by atoms with Gasteiger partial charge in [-0.15, -0.1) is 4.52 Å². The molecule has 0 saturated heterocycles. The first-order valence-corrected chi connectivity index (χ1v) is 9.71. The van der Waals surface area contributed by atoms with Crippen LogP contribution in [0.15, 0.2) is 54.3 Å². The zero-order chi connectivity index (χ0) is 18.7. The van der Waals surface area contributed by atoms with Crippen LogP contribution in [0.2, 0.25) is 0 Å². The number of carbonyl (C=O) groups excluding carboxylic acids is 1. The molecule has 26 heavy (non-hydrogen) atoms. The average Bonchev–Trinajstić information content (AvgIpc) is 2.63. The van der Waals surface area contributed by atoms with E-state index in [1.807, 2.05) is 50.2 Å². The number of hydrogen-bond acceptors (Lipinski definition) is 4. The van der Waals surface area contributed by atoms with E-state index in [1.165, 1.54) is 0 Å². The van der Waals surface area contributed by atoms with Crippen molar-refractivity contribution in [3.63, 3.8) is 0 Å². The summed E-state index contributed by atoms with van der Waals surface area (Å²) < 4.78 is 23.3. The normalized spacial score (nSPS) is 13.9. The zero-order valence-corrected chi connectivity index (χ0v) is 16.1. The first-order valence-electron chi connectivity index (χ1n) is 8.46. The van der Waals surface area contributed by atoms with E-state index in [1.54, 1.807) is 25.1 Å². The second kappa shape index (κ2) is 7.63. The molecule has 0 heterocycles. The molecule has 134 valence electrons. The van der Waals surface area contributed by atoms with Crippen LogP contribution in [0.3, 0.4) is 0 Å². The van der Waals surface area contributed by atoms with Crippen LogP contribution in [0.5, 0.6) is 0 Å². The molecule has 1 atom stereocenters. The van der Waals surface area contributed by atoms with E-state index in [4.69, 9.17) is 9.26 Å². The van der Waals surface area contributed by atoms with Crippen molar-refractivity contribution < 1.29 is 18.6 Å². The standard InChI is InChI=1S/C21H22O4P/c1-21(2,13-24-3)14-25-26(23)12-19-15-8-4-6-10-17(15)20(22)18-11-7-5-9-16(18)19/h4-12H,13-14H2,1-3H3/q+1. The summed E-state index contributed by atoms with van der Waals surface area (Å²) in [6.07, 6.45) is 0. The molecule has 0 radical (unpaired) electrons. The molecule has 0 saturated carbocycles. The SMILES string of the molecule is COCC(C)(C)CO[P+](=O)C=C1c2ccccc2C(=O)c2ccccc21. The van der Waals surface area contributed by atoms with Crippen LogP contribution in [-0.2, 0) is 13.8 Å². The van der Waals surface area contributed by atoms with Crippen LogP contribution in [0.25, 0.3) is 5.57 Å². The smallest absolute Gasteiger partial charge is 0.384 e. The van der Waals surface area contributed by atoms with E-state index in [0.29, 0.717) is 24.3 Å². The van der Waals surface area contributed by atoms with Gasteiger partial charge in [-0.2, -0.15) is 0 Å². The van der Waals surface area contributed by atoms with E-state index in [-0.39, 0.29) is 11.2 Å². The first-order chi connectivity index (χ1) is 12.4. The molecule has 1 unspecified atom stereocenters. The second-order valence-corrected chi connectivity index (χ2v) is 8.21. The summed E-state index contributed by atoms with van der Waals surface area (Å²) in [5, 5.41) is 0. The Labute approximate surface area is 154 Å². The van der Waals surface area contributed by atoms with Gasteiger partial charge < -0.3 is 4.74 Å². The van der Waals surface area contributed by atoms with E-state index >= 15 is 0 Å². The molecular weight excluding hydrogens is 347 g/mol. The highest BCUT2D eigenvalue weighted by Crippen LogP contribution is 2.40. The number of fused-ring (bicyclic) bond motifs is 2. The summed E-state index contributed by atoms with van der Waals surface area (Å²) in [6, 6.07) is 14.8. The van der Waals surface area contributed by atoms with Crippen molar-refractivity contribution in [1.29, 1.82) is 0 Å². The highest BCUT2D eigenvalue weighted by Gasteiger charge is 2.31. The first kappa shape index (κ1) is 18.7. The summed E-state index contributed by atoms with van der Waals surface area (Å²) >= 11 is 0. The van der Waals surface area contributed by atoms with Crippen molar-refractivity contribution in [2.45, 2.75) is 13.8 Å². The number of ketones is 1. The third-order valence-corrected chi connectivity index (χ3v) is 5.13. The van der Waals surface area contributed by atoms with Gasteiger partial charge in [0.25, 0.3) is 0 Å². The van der Waals surface area contributed by atoms with Crippen LogP contribution in [0.1, 0.15) is 40.9 Å². The van der Waals surface area contributed by atoms with Crippen molar-refractivity contribution in [2.75, 3.05) is 20.3 Å². The van der Waals surface area contributed by atoms with E-state index in [0.717, 1.165) is 16.7 Å². The van der Waals surface area contributed by atoms with Gasteiger partial charge in [-0.05, 0) is 15.7 Å². The molecule has 0 aromatic heterocycles. The summed E-state index contributed by atoms with van der Waals surface area (Å²) in [5.41, 5.74) is 3.39. The summed E-state index contributed by atoms with van der Waals surface area (Å²) in [5.74, 6) is 1.62. The van der Waals surface area contributed by atoms with Crippen molar-refractivity contribution in [1.82, 2.24) is 0 Å². The Morgan fingerprint density at radius 2 is 1.42 bits per heavy atom. The van der Waals surface area contributed by atoms with Crippen LogP contribution >= 0.6 is 8.03 Å². The quantitative estimate of drug-likeness (QED) is 0.571. The Kier molecular flexibility index (Phi) is 5.47. The number of carbonyl (C=O) groups is 1. The monoisotopic (exact) mass is 369 g/mol. The predicted octanol–water partition coefficient (Wildman–Crippen LogP) is 5.05. The van der Waals surface area contributed by atoms with Crippen LogP contribution in [0, 0.1) is 5.41 Å².